The van der Waals surface area contributed by atoms with E-state index in [-0.39, 0.29) is 94.3 Å². The number of carbonyl (C=O) groups is 10. The normalized spacial score (nSPS) is 15.3. The number of hydrazine groups is 2. The first kappa shape index (κ1) is 79.1. The number of primary amides is 1. The van der Waals surface area contributed by atoms with Crippen LogP contribution in [0.3, 0.4) is 0 Å². The van der Waals surface area contributed by atoms with Crippen molar-refractivity contribution in [3.8, 4) is 0 Å². The fourth-order valence-electron chi connectivity index (χ4n) is 7.24. The number of nitrogens with one attached hydrogen (secondary N) is 6. The molecular weight excluding hydrogens is 1130 g/mol. The van der Waals surface area contributed by atoms with Crippen LogP contribution in [0.1, 0.15) is 200 Å². The molecule has 6 amide bonds. The molecule has 0 aromatic carbocycles. The minimum absolute atomic E-state index is 0.0180. The average Bonchev–Trinajstić information content (AvgIpc) is 3.29. The predicted octanol–water partition coefficient (Wildman–Crippen LogP) is 2.08. The molecule has 0 aliphatic carbocycles. The number of carbonyl (C=O) groups excluding carboxylic acids is 10. The van der Waals surface area contributed by atoms with Crippen LogP contribution in [0.5, 0.6) is 0 Å². The van der Waals surface area contributed by atoms with E-state index in [9.17, 15) is 58.2 Å². The van der Waals surface area contributed by atoms with E-state index >= 15 is 0 Å². The Hall–Kier alpha value is -6.86. The maximum Gasteiger partial charge on any atom is 0.306 e. The van der Waals surface area contributed by atoms with E-state index in [1.807, 2.05) is 27.7 Å². The zero-order chi connectivity index (χ0) is 65.8. The Bertz CT molecular complexity index is 2380. The van der Waals surface area contributed by atoms with E-state index in [4.69, 9.17) is 45.0 Å². The van der Waals surface area contributed by atoms with Crippen molar-refractivity contribution in [1.82, 2.24) is 32.6 Å². The van der Waals surface area contributed by atoms with Crippen molar-refractivity contribution >= 4 is 82.2 Å². The summed E-state index contributed by atoms with van der Waals surface area (Å²) >= 11 is 0. The molecular formula is C56H98N12O18. The first-order chi connectivity index (χ1) is 40.1. The number of nitrogens with two attached hydrogens (primary N) is 2. The number of esters is 4. The minimum Gasteiger partial charge on any atom is -0.463 e. The van der Waals surface area contributed by atoms with Crippen molar-refractivity contribution in [1.29, 1.82) is 0 Å². The fraction of sp³-hybridized carbons (Fsp3) is 0.750. The lowest BCUT2D eigenvalue weighted by molar-refractivity contribution is -0.154. The second-order valence-electron chi connectivity index (χ2n) is 22.0. The first-order valence-electron chi connectivity index (χ1n) is 28.9. The van der Waals surface area contributed by atoms with Gasteiger partial charge in [0.05, 0.1) is 81.3 Å². The Kier molecular flexibility index (Phi) is 37.3. The monoisotopic (exact) mass is 1230 g/mol. The molecule has 12 N–H and O–H groups in total. The molecule has 30 nitrogen and oxygen atoms in total. The lowest BCUT2D eigenvalue weighted by atomic mass is 9.93. The summed E-state index contributed by atoms with van der Waals surface area (Å²) in [5, 5.41) is 33.4. The van der Waals surface area contributed by atoms with Gasteiger partial charge >= 0.3 is 23.9 Å². The molecule has 0 aliphatic rings. The molecule has 86 heavy (non-hydrogen) atoms. The van der Waals surface area contributed by atoms with Gasteiger partial charge < -0.3 is 44.4 Å². The molecule has 0 rings (SSSR count). The van der Waals surface area contributed by atoms with Crippen LogP contribution in [0.4, 0.5) is 0 Å². The molecule has 0 aromatic heterocycles. The smallest absolute Gasteiger partial charge is 0.306 e. The van der Waals surface area contributed by atoms with Crippen molar-refractivity contribution in [3.63, 3.8) is 0 Å². The van der Waals surface area contributed by atoms with E-state index in [2.05, 4.69) is 63.2 Å². The maximum absolute atomic E-state index is 12.8. The number of ether oxygens (including phenoxy) is 6. The maximum atomic E-state index is 12.8. The highest BCUT2D eigenvalue weighted by Crippen LogP contribution is 2.21. The molecule has 0 fully saturated rings. The summed E-state index contributed by atoms with van der Waals surface area (Å²) in [7, 11) is 0. The molecule has 6 atom stereocenters. The number of amides is 6. The van der Waals surface area contributed by atoms with E-state index < -0.39 is 120 Å². The molecule has 0 aromatic rings. The van der Waals surface area contributed by atoms with Gasteiger partial charge in [0, 0.05) is 28.4 Å². The third-order valence-corrected chi connectivity index (χ3v) is 13.6. The number of hydrogen-bond acceptors (Lipinski definition) is 24. The lowest BCUT2D eigenvalue weighted by Crippen LogP contribution is -2.55. The summed E-state index contributed by atoms with van der Waals surface area (Å²) in [6, 6.07) is 0. The van der Waals surface area contributed by atoms with Crippen LogP contribution in [-0.4, -0.2) is 166 Å². The zero-order valence-electron chi connectivity index (χ0n) is 52.8. The van der Waals surface area contributed by atoms with Gasteiger partial charge in [0.1, 0.15) is 26.4 Å². The van der Waals surface area contributed by atoms with Gasteiger partial charge in [-0.05, 0) is 121 Å². The molecule has 490 valence electrons. The third kappa shape index (κ3) is 34.9. The van der Waals surface area contributed by atoms with Crippen molar-refractivity contribution in [3.05, 3.63) is 0 Å². The summed E-state index contributed by atoms with van der Waals surface area (Å²) in [6.45, 7) is 24.7. The number of aliphatic hydroxyl groups is 2. The molecule has 30 heteroatoms. The predicted molar refractivity (Wildman–Crippen MR) is 317 cm³/mol. The third-order valence-electron chi connectivity index (χ3n) is 13.6. The zero-order valence-corrected chi connectivity index (χ0v) is 52.8. The van der Waals surface area contributed by atoms with Crippen LogP contribution in [0, 0.1) is 0 Å². The molecule has 0 spiro atoms. The topological polar surface area (TPSA) is 440 Å². The van der Waals surface area contributed by atoms with Gasteiger partial charge in [-0.3, -0.25) is 63.8 Å². The van der Waals surface area contributed by atoms with Crippen LogP contribution in [-0.2, 0) is 76.4 Å². The van der Waals surface area contributed by atoms with Crippen LogP contribution < -0.4 is 44.1 Å². The summed E-state index contributed by atoms with van der Waals surface area (Å²) in [6.07, 6.45) is -2.17. The molecule has 0 aliphatic heterocycles. The summed E-state index contributed by atoms with van der Waals surface area (Å²) in [5.74, 6) is -3.12. The van der Waals surface area contributed by atoms with Crippen molar-refractivity contribution in [2.45, 2.75) is 246 Å². The van der Waals surface area contributed by atoms with Crippen LogP contribution in [0.15, 0.2) is 20.3 Å². The number of hydrazone groups is 3. The molecule has 0 saturated carbocycles. The van der Waals surface area contributed by atoms with Crippen molar-refractivity contribution < 1.29 is 86.6 Å². The number of rotatable bonds is 44. The van der Waals surface area contributed by atoms with E-state index in [1.54, 1.807) is 33.1 Å². The van der Waals surface area contributed by atoms with Crippen LogP contribution >= 0.6 is 0 Å². The van der Waals surface area contributed by atoms with E-state index in [0.29, 0.717) is 25.0 Å². The number of nitrogens with zero attached hydrogens (tertiary/aromatic N) is 4. The molecule has 6 unspecified atom stereocenters. The number of aliphatic imine (C=N–C) groups is 1. The average molecular weight is 1230 g/mol. The van der Waals surface area contributed by atoms with Gasteiger partial charge in [0.2, 0.25) is 29.5 Å². The highest BCUT2D eigenvalue weighted by molar-refractivity contribution is 5.97. The van der Waals surface area contributed by atoms with Crippen LogP contribution in [0.2, 0.25) is 0 Å². The van der Waals surface area contributed by atoms with Gasteiger partial charge in [-0.25, -0.2) is 27.5 Å². The summed E-state index contributed by atoms with van der Waals surface area (Å²) in [4.78, 5) is 129. The number of hydrogen-bond donors (Lipinski definition) is 10. The van der Waals surface area contributed by atoms with Gasteiger partial charge in [0.25, 0.3) is 5.91 Å². The Labute approximate surface area is 504 Å². The Morgan fingerprint density at radius 2 is 0.767 bits per heavy atom. The van der Waals surface area contributed by atoms with Gasteiger partial charge in [-0.15, -0.1) is 0 Å². The van der Waals surface area contributed by atoms with Crippen molar-refractivity contribution in [2.24, 2.45) is 31.9 Å². The molecule has 0 bridgehead atoms. The molecule has 0 saturated heterocycles. The Morgan fingerprint density at radius 1 is 0.465 bits per heavy atom. The molecule has 0 radical (unpaired) electrons. The Balaban J connectivity index is 4.77. The largest absolute Gasteiger partial charge is 0.463 e. The standard InChI is InChI=1S/C56H98N12O18/c1-15-53(13,16-2)59-35(5)19-23-47(73)81-31-39(9)85-40(10)32-83-49(75)25-21-37(7)62-65-44(70)29-56(80,52(78)60-58)30-45(71)66-63-38(8)22-26-50(76)84-34-42(12)86-41(11)33-82-48(74)24-20-36(6)61-64-43(69)27-55(79,51(57)77)28-46(72)67-68-54(14,17-3)18-4/h39-42,68,79-80H,15-34,58H2,1-14H3,(H2,57,77)(H,60,78)(H,64,69)(H,65,70)(H,66,71)(H,67,72). The van der Waals surface area contributed by atoms with E-state index in [1.165, 1.54) is 20.8 Å². The minimum atomic E-state index is -2.64. The second kappa shape index (κ2) is 40.5. The lowest BCUT2D eigenvalue weighted by Gasteiger charge is -2.29. The van der Waals surface area contributed by atoms with Gasteiger partial charge in [-0.1, -0.05) is 27.7 Å². The van der Waals surface area contributed by atoms with E-state index in [0.717, 1.165) is 18.6 Å². The summed E-state index contributed by atoms with van der Waals surface area (Å²) < 4.78 is 32.7. The first-order valence-corrected chi connectivity index (χ1v) is 28.9. The van der Waals surface area contributed by atoms with Crippen LogP contribution in [0.25, 0.3) is 0 Å². The highest BCUT2D eigenvalue weighted by Gasteiger charge is 2.41. The molecule has 0 heterocycles. The quantitative estimate of drug-likeness (QED) is 0.0104. The Morgan fingerprint density at radius 3 is 1.06 bits per heavy atom. The van der Waals surface area contributed by atoms with Gasteiger partial charge in [0.15, 0.2) is 11.2 Å². The second-order valence-corrected chi connectivity index (χ2v) is 22.0. The van der Waals surface area contributed by atoms with Crippen molar-refractivity contribution in [2.75, 3.05) is 26.4 Å². The van der Waals surface area contributed by atoms with Gasteiger partial charge in [-0.2, -0.15) is 15.3 Å². The summed E-state index contributed by atoms with van der Waals surface area (Å²) in [5.41, 5.74) is 14.8. The SMILES string of the molecule is CCC(C)(CC)N=C(C)CCC(=O)OCC(C)OC(C)COC(=O)CCC(C)=NNC(=O)CC(O)(CC(=O)NN=C(C)CCC(=O)OCC(C)OC(C)COC(=O)CCC(C)=NNC(=O)CC(O)(CC(=O)NNC(C)(CC)CC)C(N)=O)C(=O)NN. The highest BCUT2D eigenvalue weighted by atomic mass is 16.6. The fourth-order valence-corrected chi connectivity index (χ4v) is 7.24.